The number of aldehydes is 1. The normalized spacial score (nSPS) is 8.33. The van der Waals surface area contributed by atoms with Crippen molar-refractivity contribution in [1.29, 1.82) is 5.39 Å². The van der Waals surface area contributed by atoms with Crippen molar-refractivity contribution in [3.63, 3.8) is 0 Å². The van der Waals surface area contributed by atoms with Gasteiger partial charge in [-0.25, -0.2) is 0 Å². The largest absolute Gasteiger partial charge is 0.523 e. The van der Waals surface area contributed by atoms with Crippen LogP contribution in [0, 0.1) is 5.39 Å². The highest BCUT2D eigenvalue weighted by atomic mass is 32.1. The van der Waals surface area contributed by atoms with E-state index in [9.17, 15) is 4.79 Å². The third-order valence-electron chi connectivity index (χ3n) is 0.713. The van der Waals surface area contributed by atoms with Gasteiger partial charge >= 0.3 is 5.13 Å². The van der Waals surface area contributed by atoms with Gasteiger partial charge in [-0.15, -0.1) is 0 Å². The molecule has 0 saturated heterocycles. The Morgan fingerprint density at radius 3 is 3.00 bits per heavy atom. The van der Waals surface area contributed by atoms with Crippen molar-refractivity contribution in [2.45, 2.75) is 0 Å². The van der Waals surface area contributed by atoms with Gasteiger partial charge in [-0.05, 0) is 16.3 Å². The number of diazo groups is 1. The van der Waals surface area contributed by atoms with Crippen LogP contribution >= 0.6 is 11.3 Å². The summed E-state index contributed by atoms with van der Waals surface area (Å²) in [6.07, 6.45) is 2.01. The number of carbonyl (C=O) groups excluding carboxylic acids is 1. The Balaban J connectivity index is 3.03. The summed E-state index contributed by atoms with van der Waals surface area (Å²) in [4.78, 5) is 16.8. The first-order valence-corrected chi connectivity index (χ1v) is 2.94. The Labute approximate surface area is 54.8 Å². The number of aromatic nitrogens is 1. The average molecular weight is 140 g/mol. The van der Waals surface area contributed by atoms with Crippen LogP contribution in [0.15, 0.2) is 6.20 Å². The van der Waals surface area contributed by atoms with Gasteiger partial charge in [0.2, 0.25) is 0 Å². The van der Waals surface area contributed by atoms with Gasteiger partial charge in [0, 0.05) is 4.98 Å². The highest BCUT2D eigenvalue weighted by molar-refractivity contribution is 7.17. The van der Waals surface area contributed by atoms with E-state index in [1.807, 2.05) is 0 Å². The summed E-state index contributed by atoms with van der Waals surface area (Å²) < 4.78 is 0. The van der Waals surface area contributed by atoms with Gasteiger partial charge in [-0.3, -0.25) is 4.79 Å². The molecular weight excluding hydrogens is 138 g/mol. The topological polar surface area (TPSA) is 58.1 Å². The molecule has 5 heteroatoms. The van der Waals surface area contributed by atoms with Gasteiger partial charge in [0.15, 0.2) is 12.5 Å². The number of hydrogen-bond donors (Lipinski definition) is 0. The Hall–Kier alpha value is -1.28. The highest BCUT2D eigenvalue weighted by Gasteiger charge is 2.10. The van der Waals surface area contributed by atoms with E-state index in [2.05, 4.69) is 9.96 Å². The Kier molecular flexibility index (Phi) is 1.51. The molecule has 0 aromatic carbocycles. The van der Waals surface area contributed by atoms with Crippen LogP contribution in [0.4, 0.5) is 5.13 Å². The first kappa shape index (κ1) is 5.85. The second kappa shape index (κ2) is 2.33. The van der Waals surface area contributed by atoms with Crippen molar-refractivity contribution in [3.8, 4) is 0 Å². The van der Waals surface area contributed by atoms with Crippen LogP contribution in [0.5, 0.6) is 0 Å². The van der Waals surface area contributed by atoms with Crippen LogP contribution in [-0.4, -0.2) is 11.3 Å². The van der Waals surface area contributed by atoms with Gasteiger partial charge < -0.3 is 0 Å². The van der Waals surface area contributed by atoms with E-state index in [4.69, 9.17) is 5.39 Å². The molecule has 0 unspecified atom stereocenters. The number of rotatable bonds is 1. The third kappa shape index (κ3) is 1.09. The SMILES string of the molecule is N#[N+]c1ncc(C=O)s1. The smallest absolute Gasteiger partial charge is 0.297 e. The van der Waals surface area contributed by atoms with Gasteiger partial charge in [0.05, 0.1) is 5.39 Å². The minimum atomic E-state index is 0.206. The number of nitrogens with zero attached hydrogens (tertiary/aromatic N) is 3. The maximum atomic E-state index is 9.98. The first-order chi connectivity index (χ1) is 4.36. The van der Waals surface area contributed by atoms with Gasteiger partial charge in [-0.1, -0.05) is 0 Å². The van der Waals surface area contributed by atoms with Crippen molar-refractivity contribution in [2.24, 2.45) is 0 Å². The molecular formula is C4H2N3OS+. The minimum absolute atomic E-state index is 0.206. The van der Waals surface area contributed by atoms with E-state index in [0.29, 0.717) is 11.2 Å². The molecule has 1 aromatic rings. The van der Waals surface area contributed by atoms with Crippen LogP contribution in [0.25, 0.3) is 4.98 Å². The highest BCUT2D eigenvalue weighted by Crippen LogP contribution is 2.18. The molecule has 9 heavy (non-hydrogen) atoms. The van der Waals surface area contributed by atoms with E-state index in [1.165, 1.54) is 6.20 Å². The summed E-state index contributed by atoms with van der Waals surface area (Å²) in [6, 6.07) is 0. The average Bonchev–Trinajstić information content (AvgIpc) is 2.34. The molecule has 0 spiro atoms. The van der Waals surface area contributed by atoms with Crippen molar-refractivity contribution in [1.82, 2.24) is 4.98 Å². The summed E-state index contributed by atoms with van der Waals surface area (Å²) in [6.45, 7) is 0. The molecule has 0 aliphatic rings. The van der Waals surface area contributed by atoms with Crippen molar-refractivity contribution >= 4 is 22.8 Å². The molecule has 0 fully saturated rings. The Morgan fingerprint density at radius 2 is 2.67 bits per heavy atom. The standard InChI is InChI=1S/C4H2N3OS/c5-7-4-6-1-3(2-8)9-4/h1-2H/q+1. The lowest BCUT2D eigenvalue weighted by molar-refractivity contribution is 0.112. The van der Waals surface area contributed by atoms with E-state index in [0.717, 1.165) is 11.3 Å². The van der Waals surface area contributed by atoms with E-state index >= 15 is 0 Å². The molecule has 0 bridgehead atoms. The van der Waals surface area contributed by atoms with Crippen LogP contribution in [0.2, 0.25) is 0 Å². The summed E-state index contributed by atoms with van der Waals surface area (Å²) in [7, 11) is 0. The molecule has 1 heterocycles. The molecule has 0 atom stereocenters. The van der Waals surface area contributed by atoms with E-state index in [-0.39, 0.29) is 5.13 Å². The maximum Gasteiger partial charge on any atom is 0.523 e. The van der Waals surface area contributed by atoms with Crippen LogP contribution in [0.1, 0.15) is 9.67 Å². The van der Waals surface area contributed by atoms with Crippen LogP contribution in [0.3, 0.4) is 0 Å². The number of hydrogen-bond acceptors (Lipinski definition) is 4. The molecule has 0 amide bonds. The molecule has 0 radical (unpaired) electrons. The zero-order valence-electron chi connectivity index (χ0n) is 4.31. The zero-order chi connectivity index (χ0) is 6.69. The Bertz CT molecular complexity index is 261. The van der Waals surface area contributed by atoms with Crippen molar-refractivity contribution in [2.75, 3.05) is 0 Å². The van der Waals surface area contributed by atoms with Gasteiger partial charge in [0.25, 0.3) is 0 Å². The number of carbonyl (C=O) groups is 1. The first-order valence-electron chi connectivity index (χ1n) is 2.13. The van der Waals surface area contributed by atoms with Gasteiger partial charge in [-0.2, -0.15) is 0 Å². The zero-order valence-corrected chi connectivity index (χ0v) is 5.13. The predicted octanol–water partition coefficient (Wildman–Crippen LogP) is 1.44. The Morgan fingerprint density at radius 1 is 1.89 bits per heavy atom. The molecule has 0 aliphatic carbocycles. The molecule has 0 aliphatic heterocycles. The summed E-state index contributed by atoms with van der Waals surface area (Å²) >= 11 is 1.04. The molecule has 1 rings (SSSR count). The summed E-state index contributed by atoms with van der Waals surface area (Å²) in [5.74, 6) is 0. The lowest BCUT2D eigenvalue weighted by atomic mass is 10.6. The fourth-order valence-corrected chi connectivity index (χ4v) is 0.888. The van der Waals surface area contributed by atoms with Crippen LogP contribution < -0.4 is 0 Å². The summed E-state index contributed by atoms with van der Waals surface area (Å²) in [5.41, 5.74) is 0. The monoisotopic (exact) mass is 140 g/mol. The minimum Gasteiger partial charge on any atom is -0.297 e. The van der Waals surface area contributed by atoms with Crippen molar-refractivity contribution < 1.29 is 4.79 Å². The fraction of sp³-hybridized carbons (Fsp3) is 0. The second-order valence-electron chi connectivity index (χ2n) is 1.26. The van der Waals surface area contributed by atoms with E-state index in [1.54, 1.807) is 0 Å². The number of thiazole rings is 1. The van der Waals surface area contributed by atoms with Crippen molar-refractivity contribution in [3.05, 3.63) is 16.0 Å². The fourth-order valence-electron chi connectivity index (χ4n) is 0.378. The molecule has 4 nitrogen and oxygen atoms in total. The molecule has 0 saturated carbocycles. The molecule has 44 valence electrons. The van der Waals surface area contributed by atoms with Crippen LogP contribution in [-0.2, 0) is 0 Å². The third-order valence-corrected chi connectivity index (χ3v) is 1.52. The van der Waals surface area contributed by atoms with E-state index < -0.39 is 0 Å². The predicted molar refractivity (Wildman–Crippen MR) is 32.2 cm³/mol. The quantitative estimate of drug-likeness (QED) is 0.438. The molecule has 1 aromatic heterocycles. The maximum absolute atomic E-state index is 9.98. The van der Waals surface area contributed by atoms with Gasteiger partial charge in [0.1, 0.15) is 4.88 Å². The summed E-state index contributed by atoms with van der Waals surface area (Å²) in [5, 5.41) is 8.31. The second-order valence-corrected chi connectivity index (χ2v) is 2.30. The lowest BCUT2D eigenvalue weighted by Gasteiger charge is -1.59. The molecule has 0 N–H and O–H groups in total. The lowest BCUT2D eigenvalue weighted by Crippen LogP contribution is -1.63.